The SMILES string of the molecule is CC(C)(C)CC(=O)Nc1nc2ccc(OC(F)F)cc2n1C1(C)CCC1.CC(F)(F)CC(C)(C)CC(=O)Nc1nc2ccc(C#N)c(F)c2n1C1CCC1.CC(O)(CC(=O)Nc1nc2c(F)cc(C#N)cc2n1C(C)(C)C)c1ccccc1F.CC(O)(CC(=O)Nc1nc2cc(Cl)c(C#N)cc2n1C1CCC1)c1ccccc1.[C-]#[N+]c1cc(F)c2nc(NC(=O)CC(C)(C)C)n(C(C)(C)C)c2c1F. The molecule has 0 spiro atoms. The minimum Gasteiger partial charge on any atom is -0.435 e. The lowest BCUT2D eigenvalue weighted by Crippen LogP contribution is -2.38. The Morgan fingerprint density at radius 2 is 1.01 bits per heavy atom. The molecule has 0 aliphatic heterocycles. The van der Waals surface area contributed by atoms with Crippen molar-refractivity contribution in [3.63, 3.8) is 0 Å². The minimum absolute atomic E-state index is 0.00539. The van der Waals surface area contributed by atoms with Crippen LogP contribution in [-0.4, -0.2) is 100 Å². The smallest absolute Gasteiger partial charge is 0.387 e. The Labute approximate surface area is 798 Å². The summed E-state index contributed by atoms with van der Waals surface area (Å²) in [6.45, 7) is 35.9. The Morgan fingerprint density at radius 1 is 0.514 bits per heavy atom. The van der Waals surface area contributed by atoms with Crippen LogP contribution in [0, 0.1) is 85.9 Å². The van der Waals surface area contributed by atoms with E-state index >= 15 is 0 Å². The number of fused-ring (bicyclic) bond motifs is 5. The number of halogens is 10. The number of anilines is 5. The van der Waals surface area contributed by atoms with Crippen LogP contribution in [0.3, 0.4) is 0 Å². The highest BCUT2D eigenvalue weighted by Gasteiger charge is 2.41. The van der Waals surface area contributed by atoms with Crippen molar-refractivity contribution < 1.29 is 78.4 Å². The van der Waals surface area contributed by atoms with Crippen molar-refractivity contribution in [1.82, 2.24) is 47.8 Å². The molecule has 3 saturated carbocycles. The average molecular weight is 1930 g/mol. The zero-order valence-electron chi connectivity index (χ0n) is 80.2. The molecule has 37 heteroatoms. The van der Waals surface area contributed by atoms with Gasteiger partial charge in [-0.2, -0.15) is 24.6 Å². The third-order valence-electron chi connectivity index (χ3n) is 23.5. The van der Waals surface area contributed by atoms with Crippen LogP contribution in [0.4, 0.5) is 74.9 Å². The molecular formula is C101H113ClF9N19O8. The molecule has 138 heavy (non-hydrogen) atoms. The Hall–Kier alpha value is -13.4. The predicted octanol–water partition coefficient (Wildman–Crippen LogP) is 23.8. The van der Waals surface area contributed by atoms with E-state index in [9.17, 15) is 79.0 Å². The molecule has 5 aromatic heterocycles. The first-order valence-corrected chi connectivity index (χ1v) is 45.4. The Balaban J connectivity index is 0.000000166. The third kappa shape index (κ3) is 25.1. The van der Waals surface area contributed by atoms with Gasteiger partial charge in [0.25, 0.3) is 0 Å². The van der Waals surface area contributed by atoms with Crippen LogP contribution in [0.2, 0.25) is 5.02 Å². The number of hydrogen-bond donors (Lipinski definition) is 7. The fourth-order valence-corrected chi connectivity index (χ4v) is 17.2. The number of aromatic nitrogens is 10. The molecule has 5 heterocycles. The molecule has 12 aromatic rings. The summed E-state index contributed by atoms with van der Waals surface area (Å²) in [4.78, 5) is 87.4. The van der Waals surface area contributed by atoms with Gasteiger partial charge in [0.05, 0.1) is 97.0 Å². The summed E-state index contributed by atoms with van der Waals surface area (Å²) in [6.07, 6.45) is 8.20. The zero-order chi connectivity index (χ0) is 102. The van der Waals surface area contributed by atoms with E-state index in [2.05, 4.69) is 74.1 Å². The molecule has 3 fully saturated rings. The minimum atomic E-state index is -2.88. The fraction of sp³-hybridized carbons (Fsp3) is 0.446. The van der Waals surface area contributed by atoms with E-state index in [4.69, 9.17) is 28.7 Å². The van der Waals surface area contributed by atoms with Gasteiger partial charge in [0.15, 0.2) is 17.5 Å². The highest BCUT2D eigenvalue weighted by atomic mass is 35.5. The fourth-order valence-electron chi connectivity index (χ4n) is 17.0. The first kappa shape index (κ1) is 105. The topological polar surface area (TPSA) is 360 Å². The molecule has 2 atom stereocenters. The molecule has 15 rings (SSSR count). The molecule has 3 aliphatic carbocycles. The van der Waals surface area contributed by atoms with Crippen LogP contribution in [0.5, 0.6) is 5.75 Å². The lowest BCUT2D eigenvalue weighted by atomic mass is 9.78. The van der Waals surface area contributed by atoms with E-state index in [0.29, 0.717) is 62.1 Å². The summed E-state index contributed by atoms with van der Waals surface area (Å²) in [6, 6.07) is 35.2. The van der Waals surface area contributed by atoms with Gasteiger partial charge in [-0.25, -0.2) is 60.5 Å². The molecule has 7 aromatic carbocycles. The number of nitrogens with zero attached hydrogens (tertiary/aromatic N) is 14. The van der Waals surface area contributed by atoms with E-state index in [1.165, 1.54) is 47.9 Å². The largest absolute Gasteiger partial charge is 0.435 e. The lowest BCUT2D eigenvalue weighted by Gasteiger charge is -2.41. The van der Waals surface area contributed by atoms with Gasteiger partial charge in [-0.3, -0.25) is 50.6 Å². The highest BCUT2D eigenvalue weighted by Crippen LogP contribution is 2.47. The molecule has 3 aliphatic rings. The lowest BCUT2D eigenvalue weighted by molar-refractivity contribution is -0.121. The van der Waals surface area contributed by atoms with Crippen molar-refractivity contribution in [2.24, 2.45) is 16.2 Å². The van der Waals surface area contributed by atoms with E-state index in [0.717, 1.165) is 82.4 Å². The number of nitriles is 3. The van der Waals surface area contributed by atoms with E-state index in [1.54, 1.807) is 99.2 Å². The standard InChI is InChI=1S/C22H21ClN4O2.C22H22F2N4O2.C20H23F3N4O.C19H25F2N3O2.C18H22F2N4O/c1-22(29,15-6-3-2-4-7-15)12-20(28)26-21-25-18-11-17(23)14(13-24)10-19(18)27(21)16-8-5-9-16;1-21(2,3)28-17-10-13(12-25)9-16(24)19(17)27-20(28)26-18(29)11-22(4,30)14-7-5-6-8-15(14)23;1-19(2,11-20(3,22)23)9-15(28)26-18-25-14-8-7-12(10-24)16(21)17(14)27(18)13-5-4-6-13;1-18(2,3)11-15(25)23-17-22-13-7-6-12(26-16(20)21)10-14(13)24(17)19(4)8-5-9-19;1-17(2,3)9-12(25)22-16-23-14-10(19)8-11(21-7)13(20)15(14)24(16)18(4,5)6/h2-4,6-7,10-11,16,29H,5,8-9,12H2,1H3,(H,25,26,28);5-10,30H,11H2,1-4H3,(H,26,27,29);7-8,13H,4-6,9,11H2,1-3H3,(H,25,26,28);6-7,10,16H,5,8-9,11H2,1-4H3,(H,22,23,25);8H,9H2,1-6H3,(H,22,23,25). The number of amides is 5. The Bertz CT molecular complexity index is 6800. The number of carbonyl (C=O) groups is 5. The van der Waals surface area contributed by atoms with Crippen LogP contribution in [0.25, 0.3) is 60.0 Å². The number of nitrogens with one attached hydrogen (secondary N) is 5. The molecule has 730 valence electrons. The van der Waals surface area contributed by atoms with Crippen LogP contribution in [-0.2, 0) is 51.8 Å². The second kappa shape index (κ2) is 41.1. The van der Waals surface area contributed by atoms with Crippen LogP contribution in [0.1, 0.15) is 261 Å². The molecule has 0 saturated heterocycles. The number of alkyl halides is 4. The second-order valence-corrected chi connectivity index (χ2v) is 41.5. The molecule has 0 bridgehead atoms. The number of ether oxygens (including phenoxy) is 1. The number of imidazole rings is 5. The highest BCUT2D eigenvalue weighted by molar-refractivity contribution is 6.32. The summed E-state index contributed by atoms with van der Waals surface area (Å²) in [5.41, 5.74) is -1.82. The number of benzene rings is 7. The maximum absolute atomic E-state index is 14.8. The third-order valence-corrected chi connectivity index (χ3v) is 23.9. The molecule has 27 nitrogen and oxygen atoms in total. The Kier molecular flexibility index (Phi) is 31.3. The summed E-state index contributed by atoms with van der Waals surface area (Å²) in [5.74, 6) is -6.98. The van der Waals surface area contributed by atoms with Gasteiger partial charge in [-0.05, 0) is 209 Å². The molecule has 5 amide bonds. The van der Waals surface area contributed by atoms with Gasteiger partial charge >= 0.3 is 6.61 Å². The first-order valence-electron chi connectivity index (χ1n) is 45.0. The van der Waals surface area contributed by atoms with Crippen molar-refractivity contribution in [3.8, 4) is 24.0 Å². The van der Waals surface area contributed by atoms with Gasteiger partial charge in [0, 0.05) is 66.0 Å². The summed E-state index contributed by atoms with van der Waals surface area (Å²) in [7, 11) is 0. The first-order chi connectivity index (χ1) is 64.2. The van der Waals surface area contributed by atoms with Crippen molar-refractivity contribution >= 4 is 132 Å². The Morgan fingerprint density at radius 3 is 1.54 bits per heavy atom. The van der Waals surface area contributed by atoms with Gasteiger partial charge in [0.1, 0.15) is 46.1 Å². The number of hydrogen-bond acceptors (Lipinski definition) is 16. The van der Waals surface area contributed by atoms with E-state index in [1.807, 2.05) is 102 Å². The van der Waals surface area contributed by atoms with E-state index < -0.39 is 99.7 Å². The maximum atomic E-state index is 14.8. The van der Waals surface area contributed by atoms with Crippen molar-refractivity contribution in [2.75, 3.05) is 26.6 Å². The van der Waals surface area contributed by atoms with Crippen LogP contribution in [0.15, 0.2) is 115 Å². The monoisotopic (exact) mass is 1930 g/mol. The summed E-state index contributed by atoms with van der Waals surface area (Å²) >= 11 is 6.16. The van der Waals surface area contributed by atoms with Gasteiger partial charge in [0.2, 0.25) is 70.9 Å². The summed E-state index contributed by atoms with van der Waals surface area (Å²) in [5, 5.41) is 63.0. The zero-order valence-corrected chi connectivity index (χ0v) is 80.9. The number of rotatable bonds is 22. The van der Waals surface area contributed by atoms with Crippen LogP contribution < -0.4 is 31.3 Å². The predicted molar refractivity (Wildman–Crippen MR) is 510 cm³/mol. The maximum Gasteiger partial charge on any atom is 0.387 e. The molecule has 2 unspecified atom stereocenters. The van der Waals surface area contributed by atoms with E-state index in [-0.39, 0.29) is 128 Å². The molecule has 7 N–H and O–H groups in total. The van der Waals surface area contributed by atoms with Crippen molar-refractivity contribution in [2.45, 2.75) is 273 Å². The number of aliphatic hydroxyl groups is 2. The van der Waals surface area contributed by atoms with Crippen LogP contribution >= 0.6 is 11.6 Å². The van der Waals surface area contributed by atoms with Gasteiger partial charge < -0.3 is 37.8 Å². The van der Waals surface area contributed by atoms with Crippen molar-refractivity contribution in [1.29, 1.82) is 15.8 Å². The normalized spacial score (nSPS) is 14.8. The van der Waals surface area contributed by atoms with Gasteiger partial charge in [-0.15, -0.1) is 0 Å². The second-order valence-electron chi connectivity index (χ2n) is 41.1. The molecule has 0 radical (unpaired) electrons. The average Bonchev–Trinajstić information content (AvgIpc) is 1.61. The summed E-state index contributed by atoms with van der Waals surface area (Å²) < 4.78 is 137. The van der Waals surface area contributed by atoms with Gasteiger partial charge in [-0.1, -0.05) is 116 Å². The van der Waals surface area contributed by atoms with Crippen molar-refractivity contribution in [3.05, 3.63) is 189 Å². The molecular weight excluding hydrogens is 1810 g/mol. The quantitative estimate of drug-likeness (QED) is 0.0245. The number of carbonyl (C=O) groups excluding carboxylic acids is 5.